The maximum Gasteiger partial charge on any atom is 0.341 e. The monoisotopic (exact) mass is 250 g/mol. The van der Waals surface area contributed by atoms with Gasteiger partial charge in [0.25, 0.3) is 0 Å². The molecule has 0 fully saturated rings. The van der Waals surface area contributed by atoms with E-state index >= 15 is 0 Å². The molecule has 0 saturated carbocycles. The lowest BCUT2D eigenvalue weighted by atomic mass is 10.1. The molecule has 92 valence electrons. The summed E-state index contributed by atoms with van der Waals surface area (Å²) in [6, 6.07) is 0. The first-order valence-corrected chi connectivity index (χ1v) is 4.28. The van der Waals surface area contributed by atoms with Crippen LogP contribution in [0.1, 0.15) is 15.9 Å². The predicted molar refractivity (Wildman–Crippen MR) is 49.4 cm³/mol. The van der Waals surface area contributed by atoms with Gasteiger partial charge in [-0.1, -0.05) is 12.2 Å². The van der Waals surface area contributed by atoms with E-state index in [9.17, 15) is 22.4 Å². The Balaban J connectivity index is 3.58. The molecule has 3 nitrogen and oxygen atoms in total. The number of hydrogen-bond acceptors (Lipinski definition) is 2. The minimum Gasteiger partial charge on any atom is -0.477 e. The van der Waals surface area contributed by atoms with Crippen LogP contribution in [0.2, 0.25) is 0 Å². The van der Waals surface area contributed by atoms with E-state index in [1.807, 2.05) is 0 Å². The number of hydrogen-bond donors (Lipinski definition) is 2. The highest BCUT2D eigenvalue weighted by atomic mass is 19.2. The quantitative estimate of drug-likeness (QED) is 0.636. The van der Waals surface area contributed by atoms with E-state index in [0.717, 1.165) is 6.08 Å². The number of benzene rings is 1. The van der Waals surface area contributed by atoms with Crippen molar-refractivity contribution in [1.29, 1.82) is 0 Å². The van der Waals surface area contributed by atoms with Crippen LogP contribution in [0.5, 0.6) is 0 Å². The number of rotatable bonds is 3. The number of halogens is 4. The van der Waals surface area contributed by atoms with Crippen LogP contribution in [-0.4, -0.2) is 22.8 Å². The Hall–Kier alpha value is -1.89. The van der Waals surface area contributed by atoms with Gasteiger partial charge in [-0.15, -0.1) is 0 Å². The highest BCUT2D eigenvalue weighted by molar-refractivity contribution is 5.88. The van der Waals surface area contributed by atoms with Gasteiger partial charge < -0.3 is 10.2 Å². The summed E-state index contributed by atoms with van der Waals surface area (Å²) in [5.74, 6) is -9.75. The molecule has 0 bridgehead atoms. The molecular weight excluding hydrogens is 244 g/mol. The first kappa shape index (κ1) is 13.2. The fourth-order valence-corrected chi connectivity index (χ4v) is 1.15. The van der Waals surface area contributed by atoms with E-state index in [-0.39, 0.29) is 0 Å². The first-order valence-electron chi connectivity index (χ1n) is 4.28. The van der Waals surface area contributed by atoms with E-state index in [4.69, 9.17) is 10.2 Å². The van der Waals surface area contributed by atoms with E-state index < -0.39 is 47.0 Å². The number of carboxylic acids is 1. The molecule has 0 spiro atoms. The van der Waals surface area contributed by atoms with Crippen molar-refractivity contribution in [2.24, 2.45) is 0 Å². The lowest BCUT2D eigenvalue weighted by molar-refractivity contribution is 0.0683. The summed E-state index contributed by atoms with van der Waals surface area (Å²) in [5.41, 5.74) is -2.78. The minimum absolute atomic E-state index is 0.594. The second kappa shape index (κ2) is 4.96. The number of aliphatic hydroxyl groups excluding tert-OH is 1. The van der Waals surface area contributed by atoms with Gasteiger partial charge in [0, 0.05) is 0 Å². The molecular formula is C10H6F4O3. The lowest BCUT2D eigenvalue weighted by Gasteiger charge is -2.06. The molecule has 1 rings (SSSR count). The van der Waals surface area contributed by atoms with Crippen LogP contribution in [0.3, 0.4) is 0 Å². The average Bonchev–Trinajstić information content (AvgIpc) is 2.26. The molecule has 0 aliphatic rings. The fourth-order valence-electron chi connectivity index (χ4n) is 1.15. The van der Waals surface area contributed by atoms with Crippen LogP contribution in [-0.2, 0) is 0 Å². The fraction of sp³-hybridized carbons (Fsp3) is 0.100. The van der Waals surface area contributed by atoms with Gasteiger partial charge in [-0.05, 0) is 0 Å². The van der Waals surface area contributed by atoms with E-state index in [2.05, 4.69) is 0 Å². The summed E-state index contributed by atoms with van der Waals surface area (Å²) in [6.45, 7) is -0.594. The molecule has 2 N–H and O–H groups in total. The second-order valence-electron chi connectivity index (χ2n) is 2.93. The van der Waals surface area contributed by atoms with Crippen LogP contribution in [0.15, 0.2) is 6.08 Å². The zero-order valence-corrected chi connectivity index (χ0v) is 8.18. The predicted octanol–water partition coefficient (Wildman–Crippen LogP) is 1.95. The van der Waals surface area contributed by atoms with Gasteiger partial charge in [0.1, 0.15) is 5.56 Å². The Morgan fingerprint density at radius 2 is 1.53 bits per heavy atom. The largest absolute Gasteiger partial charge is 0.477 e. The van der Waals surface area contributed by atoms with Gasteiger partial charge in [0.2, 0.25) is 0 Å². The zero-order chi connectivity index (χ0) is 13.2. The van der Waals surface area contributed by atoms with E-state index in [1.165, 1.54) is 0 Å². The average molecular weight is 250 g/mol. The zero-order valence-electron chi connectivity index (χ0n) is 8.18. The Morgan fingerprint density at radius 1 is 1.06 bits per heavy atom. The Labute approximate surface area is 92.6 Å². The van der Waals surface area contributed by atoms with Crippen molar-refractivity contribution in [1.82, 2.24) is 0 Å². The summed E-state index contributed by atoms with van der Waals surface area (Å²) in [5, 5.41) is 16.8. The number of aromatic carboxylic acids is 1. The second-order valence-corrected chi connectivity index (χ2v) is 2.93. The van der Waals surface area contributed by atoms with Crippen molar-refractivity contribution in [3.8, 4) is 0 Å². The Kier molecular flexibility index (Phi) is 3.84. The van der Waals surface area contributed by atoms with Gasteiger partial charge in [0.15, 0.2) is 23.3 Å². The van der Waals surface area contributed by atoms with Crippen LogP contribution >= 0.6 is 0 Å². The summed E-state index contributed by atoms with van der Waals surface area (Å²) < 4.78 is 52.7. The summed E-state index contributed by atoms with van der Waals surface area (Å²) in [7, 11) is 0. The van der Waals surface area contributed by atoms with Crippen molar-refractivity contribution in [2.45, 2.75) is 0 Å². The number of carbonyl (C=O) groups is 1. The third-order valence-electron chi connectivity index (χ3n) is 1.90. The molecule has 0 amide bonds. The molecule has 0 aliphatic heterocycles. The summed E-state index contributed by atoms with van der Waals surface area (Å²) in [6.07, 6.45) is 1.46. The maximum atomic E-state index is 13.2. The van der Waals surface area contributed by atoms with Gasteiger partial charge in [-0.25, -0.2) is 22.4 Å². The van der Waals surface area contributed by atoms with Crippen LogP contribution in [0, 0.1) is 23.3 Å². The normalized spacial score (nSPS) is 11.1. The molecule has 7 heteroatoms. The van der Waals surface area contributed by atoms with E-state index in [0.29, 0.717) is 6.08 Å². The van der Waals surface area contributed by atoms with Gasteiger partial charge in [-0.2, -0.15) is 0 Å². The van der Waals surface area contributed by atoms with E-state index in [1.54, 1.807) is 0 Å². The maximum absolute atomic E-state index is 13.2. The van der Waals surface area contributed by atoms with Crippen LogP contribution < -0.4 is 0 Å². The molecule has 1 aromatic rings. The van der Waals surface area contributed by atoms with Gasteiger partial charge >= 0.3 is 5.97 Å². The topological polar surface area (TPSA) is 57.5 Å². The molecule has 0 atom stereocenters. The van der Waals surface area contributed by atoms with Crippen molar-refractivity contribution in [2.75, 3.05) is 6.61 Å². The molecule has 0 aromatic heterocycles. The third-order valence-corrected chi connectivity index (χ3v) is 1.90. The smallest absolute Gasteiger partial charge is 0.341 e. The lowest BCUT2D eigenvalue weighted by Crippen LogP contribution is -2.11. The molecule has 0 radical (unpaired) electrons. The van der Waals surface area contributed by atoms with Crippen molar-refractivity contribution in [3.05, 3.63) is 40.5 Å². The molecule has 0 saturated heterocycles. The number of aliphatic hydroxyl groups is 1. The summed E-state index contributed by atoms with van der Waals surface area (Å²) >= 11 is 0. The Bertz CT molecular complexity index is 468. The molecule has 1 aromatic carbocycles. The van der Waals surface area contributed by atoms with Crippen molar-refractivity contribution >= 4 is 12.0 Å². The molecule has 0 unspecified atom stereocenters. The molecule has 17 heavy (non-hydrogen) atoms. The standard InChI is InChI=1S/C10H6F4O3/c11-6-4(2-1-3-15)7(12)9(14)5(8(6)13)10(16)17/h1-2,15H,3H2,(H,16,17). The highest BCUT2D eigenvalue weighted by Crippen LogP contribution is 2.25. The van der Waals surface area contributed by atoms with Crippen molar-refractivity contribution in [3.63, 3.8) is 0 Å². The minimum atomic E-state index is -2.12. The van der Waals surface area contributed by atoms with Gasteiger partial charge in [-0.3, -0.25) is 0 Å². The first-order chi connectivity index (χ1) is 7.91. The Morgan fingerprint density at radius 3 is 1.88 bits per heavy atom. The van der Waals surface area contributed by atoms with Crippen LogP contribution in [0.25, 0.3) is 6.08 Å². The summed E-state index contributed by atoms with van der Waals surface area (Å²) in [4.78, 5) is 10.4. The SMILES string of the molecule is O=C(O)c1c(F)c(F)c(C=CCO)c(F)c1F. The van der Waals surface area contributed by atoms with Gasteiger partial charge in [0.05, 0.1) is 12.2 Å². The van der Waals surface area contributed by atoms with Crippen LogP contribution in [0.4, 0.5) is 17.6 Å². The molecule has 0 aliphatic carbocycles. The molecule has 0 heterocycles. The van der Waals surface area contributed by atoms with Crippen molar-refractivity contribution < 1.29 is 32.6 Å². The highest BCUT2D eigenvalue weighted by Gasteiger charge is 2.27. The third kappa shape index (κ3) is 2.28. The number of carboxylic acid groups (broad SMARTS) is 1.